The number of methoxy groups -OCH3 is 1. The fraction of sp³-hybridized carbons (Fsp3) is 0.0476. The summed E-state index contributed by atoms with van der Waals surface area (Å²) in [6.07, 6.45) is -0.602. The summed E-state index contributed by atoms with van der Waals surface area (Å²) in [5.74, 6) is -1.88. The molecule has 0 aromatic heterocycles. The van der Waals surface area contributed by atoms with Crippen LogP contribution < -0.4 is 10.0 Å². The van der Waals surface area contributed by atoms with Gasteiger partial charge in [0.25, 0.3) is 10.0 Å². The van der Waals surface area contributed by atoms with Gasteiger partial charge in [-0.1, -0.05) is 24.3 Å². The van der Waals surface area contributed by atoms with Crippen LogP contribution in [0.4, 0.5) is 16.2 Å². The van der Waals surface area contributed by atoms with Crippen molar-refractivity contribution in [1.82, 2.24) is 0 Å². The summed E-state index contributed by atoms with van der Waals surface area (Å²) in [5, 5.41) is 21.2. The highest BCUT2D eigenvalue weighted by Gasteiger charge is 2.17. The molecule has 0 spiro atoms. The largest absolute Gasteiger partial charge is 0.507 e. The molecule has 0 aliphatic heterocycles. The highest BCUT2D eigenvalue weighted by molar-refractivity contribution is 7.92. The molecule has 0 saturated carbocycles. The fourth-order valence-electron chi connectivity index (χ4n) is 2.75. The molecule has 3 rings (SSSR count). The quantitative estimate of drug-likeness (QED) is 0.455. The molecule has 9 nitrogen and oxygen atoms in total. The smallest absolute Gasteiger partial charge is 0.411 e. The number of benzene rings is 3. The standard InChI is InChI=1S/C21H18N2O7S/c1-30-21(27)22-15-7-5-13(6-8-15)14-3-2-4-17(11-14)31(28,29)23-16-9-10-18(20(25)26)19(24)12-16/h2-12,23-24H,1H3,(H,22,27)(H,25,26). The van der Waals surface area contributed by atoms with Crippen LogP contribution in [0.3, 0.4) is 0 Å². The number of phenols is 1. The Morgan fingerprint density at radius 2 is 1.58 bits per heavy atom. The zero-order chi connectivity index (χ0) is 22.6. The van der Waals surface area contributed by atoms with Gasteiger partial charge in [-0.15, -0.1) is 0 Å². The van der Waals surface area contributed by atoms with Crippen LogP contribution in [0.25, 0.3) is 11.1 Å². The second kappa shape index (κ2) is 8.76. The second-order valence-corrected chi connectivity index (χ2v) is 8.05. The fourth-order valence-corrected chi connectivity index (χ4v) is 3.84. The molecule has 31 heavy (non-hydrogen) atoms. The minimum atomic E-state index is -4.00. The number of hydrogen-bond donors (Lipinski definition) is 4. The van der Waals surface area contributed by atoms with Gasteiger partial charge in [-0.25, -0.2) is 18.0 Å². The van der Waals surface area contributed by atoms with E-state index in [1.54, 1.807) is 36.4 Å². The van der Waals surface area contributed by atoms with Gasteiger partial charge in [-0.3, -0.25) is 10.0 Å². The highest BCUT2D eigenvalue weighted by atomic mass is 32.2. The van der Waals surface area contributed by atoms with Crippen molar-refractivity contribution in [3.63, 3.8) is 0 Å². The minimum Gasteiger partial charge on any atom is -0.507 e. The lowest BCUT2D eigenvalue weighted by atomic mass is 10.1. The predicted molar refractivity (Wildman–Crippen MR) is 114 cm³/mol. The molecule has 10 heteroatoms. The molecule has 0 aliphatic carbocycles. The van der Waals surface area contributed by atoms with Crippen LogP contribution in [0.15, 0.2) is 71.6 Å². The molecular formula is C21H18N2O7S. The Morgan fingerprint density at radius 3 is 2.19 bits per heavy atom. The zero-order valence-electron chi connectivity index (χ0n) is 16.2. The average molecular weight is 442 g/mol. The van der Waals surface area contributed by atoms with E-state index in [1.165, 1.54) is 25.3 Å². The maximum Gasteiger partial charge on any atom is 0.411 e. The van der Waals surface area contributed by atoms with E-state index in [2.05, 4.69) is 14.8 Å². The van der Waals surface area contributed by atoms with Crippen molar-refractivity contribution >= 4 is 33.5 Å². The highest BCUT2D eigenvalue weighted by Crippen LogP contribution is 2.27. The van der Waals surface area contributed by atoms with Crippen molar-refractivity contribution in [2.75, 3.05) is 17.1 Å². The van der Waals surface area contributed by atoms with Crippen LogP contribution in [0.2, 0.25) is 0 Å². The number of carbonyl (C=O) groups excluding carboxylic acids is 1. The third-order valence-corrected chi connectivity index (χ3v) is 5.65. The summed E-state index contributed by atoms with van der Waals surface area (Å²) in [6, 6.07) is 16.3. The van der Waals surface area contributed by atoms with Crippen LogP contribution in [0.1, 0.15) is 10.4 Å². The maximum absolute atomic E-state index is 12.8. The summed E-state index contributed by atoms with van der Waals surface area (Å²) in [4.78, 5) is 22.2. The van der Waals surface area contributed by atoms with E-state index in [1.807, 2.05) is 0 Å². The van der Waals surface area contributed by atoms with Gasteiger partial charge < -0.3 is 14.9 Å². The lowest BCUT2D eigenvalue weighted by Gasteiger charge is -2.11. The van der Waals surface area contributed by atoms with E-state index in [9.17, 15) is 23.1 Å². The predicted octanol–water partition coefficient (Wildman–Crippen LogP) is 3.74. The Balaban J connectivity index is 1.84. The molecule has 0 saturated heterocycles. The molecule has 3 aromatic carbocycles. The van der Waals surface area contributed by atoms with Crippen molar-refractivity contribution < 1.29 is 33.0 Å². The van der Waals surface area contributed by atoms with E-state index >= 15 is 0 Å². The number of sulfonamides is 1. The number of aromatic carboxylic acids is 1. The molecule has 0 fully saturated rings. The summed E-state index contributed by atoms with van der Waals surface area (Å²) < 4.78 is 32.3. The van der Waals surface area contributed by atoms with Gasteiger partial charge >= 0.3 is 12.1 Å². The summed E-state index contributed by atoms with van der Waals surface area (Å²) in [5.41, 5.74) is 1.54. The monoisotopic (exact) mass is 442 g/mol. The molecular weight excluding hydrogens is 424 g/mol. The molecule has 0 unspecified atom stereocenters. The maximum atomic E-state index is 12.8. The van der Waals surface area contributed by atoms with Gasteiger partial charge in [-0.05, 0) is 47.5 Å². The van der Waals surface area contributed by atoms with Gasteiger partial charge in [0, 0.05) is 11.8 Å². The number of rotatable bonds is 6. The molecule has 4 N–H and O–H groups in total. The second-order valence-electron chi connectivity index (χ2n) is 6.36. The van der Waals surface area contributed by atoms with Crippen molar-refractivity contribution in [2.45, 2.75) is 4.90 Å². The first kappa shape index (κ1) is 21.7. The topological polar surface area (TPSA) is 142 Å². The van der Waals surface area contributed by atoms with Crippen LogP contribution in [0.5, 0.6) is 5.75 Å². The summed E-state index contributed by atoms with van der Waals surface area (Å²) in [6.45, 7) is 0. The van der Waals surface area contributed by atoms with Gasteiger partial charge in [-0.2, -0.15) is 0 Å². The van der Waals surface area contributed by atoms with E-state index in [4.69, 9.17) is 5.11 Å². The van der Waals surface area contributed by atoms with Gasteiger partial charge in [0.2, 0.25) is 0 Å². The molecule has 0 atom stereocenters. The summed E-state index contributed by atoms with van der Waals surface area (Å²) in [7, 11) is -2.75. The van der Waals surface area contributed by atoms with E-state index < -0.39 is 27.8 Å². The number of nitrogens with one attached hydrogen (secondary N) is 2. The number of aromatic hydroxyl groups is 1. The average Bonchev–Trinajstić information content (AvgIpc) is 2.74. The van der Waals surface area contributed by atoms with Crippen LogP contribution in [0, 0.1) is 0 Å². The molecule has 1 amide bonds. The zero-order valence-corrected chi connectivity index (χ0v) is 17.0. The van der Waals surface area contributed by atoms with Crippen molar-refractivity contribution in [3.8, 4) is 16.9 Å². The van der Waals surface area contributed by atoms with E-state index in [0.717, 1.165) is 17.7 Å². The molecule has 0 radical (unpaired) electrons. The number of hydrogen-bond acceptors (Lipinski definition) is 6. The van der Waals surface area contributed by atoms with Gasteiger partial charge in [0.1, 0.15) is 11.3 Å². The van der Waals surface area contributed by atoms with Crippen LogP contribution in [-0.2, 0) is 14.8 Å². The number of ether oxygens (including phenoxy) is 1. The lowest BCUT2D eigenvalue weighted by Crippen LogP contribution is -2.13. The normalized spacial score (nSPS) is 10.9. The molecule has 0 aliphatic rings. The number of carboxylic acid groups (broad SMARTS) is 1. The summed E-state index contributed by atoms with van der Waals surface area (Å²) >= 11 is 0. The third kappa shape index (κ3) is 5.11. The van der Waals surface area contributed by atoms with Gasteiger partial charge in [0.05, 0.1) is 17.7 Å². The minimum absolute atomic E-state index is 0.0196. The lowest BCUT2D eigenvalue weighted by molar-refractivity contribution is 0.0693. The number of carbonyl (C=O) groups is 2. The third-order valence-electron chi connectivity index (χ3n) is 4.27. The molecule has 3 aromatic rings. The first-order chi connectivity index (χ1) is 14.7. The first-order valence-electron chi connectivity index (χ1n) is 8.84. The SMILES string of the molecule is COC(=O)Nc1ccc(-c2cccc(S(=O)(=O)Nc3ccc(C(=O)O)c(O)c3)c2)cc1. The van der Waals surface area contributed by atoms with E-state index in [0.29, 0.717) is 11.3 Å². The number of amides is 1. The number of anilines is 2. The Morgan fingerprint density at radius 1 is 0.903 bits per heavy atom. The van der Waals surface area contributed by atoms with Crippen molar-refractivity contribution in [2.24, 2.45) is 0 Å². The van der Waals surface area contributed by atoms with Crippen molar-refractivity contribution in [1.29, 1.82) is 0 Å². The first-order valence-corrected chi connectivity index (χ1v) is 10.3. The molecule has 160 valence electrons. The van der Waals surface area contributed by atoms with Gasteiger partial charge in [0.15, 0.2) is 0 Å². The Hall–Kier alpha value is -4.05. The van der Waals surface area contributed by atoms with Crippen molar-refractivity contribution in [3.05, 3.63) is 72.3 Å². The number of carboxylic acids is 1. The Bertz CT molecular complexity index is 1240. The van der Waals surface area contributed by atoms with E-state index in [-0.39, 0.29) is 16.1 Å². The Kier molecular flexibility index (Phi) is 6.12. The van der Waals surface area contributed by atoms with Crippen LogP contribution >= 0.6 is 0 Å². The molecule has 0 bridgehead atoms. The molecule has 0 heterocycles. The Labute approximate surface area is 178 Å². The van der Waals surface area contributed by atoms with Crippen LogP contribution in [-0.4, -0.2) is 37.8 Å².